The van der Waals surface area contributed by atoms with Gasteiger partial charge in [0.05, 0.1) is 0 Å². The van der Waals surface area contributed by atoms with Gasteiger partial charge in [0.1, 0.15) is 11.4 Å². The molecular formula is C18H28O. The normalized spacial score (nSPS) is 11.3. The summed E-state index contributed by atoms with van der Waals surface area (Å²) in [4.78, 5) is 0. The van der Waals surface area contributed by atoms with Crippen molar-refractivity contribution < 1.29 is 4.74 Å². The van der Waals surface area contributed by atoms with Crippen LogP contribution in [-0.4, -0.2) is 5.60 Å². The van der Waals surface area contributed by atoms with Gasteiger partial charge in [-0.15, -0.1) is 0 Å². The van der Waals surface area contributed by atoms with E-state index < -0.39 is 0 Å². The van der Waals surface area contributed by atoms with E-state index in [-0.39, 0.29) is 5.60 Å². The SMILES string of the molecule is C=Cc1ccc(OC(CCC)(CCC)CCC)cc1. The van der Waals surface area contributed by atoms with Gasteiger partial charge in [-0.25, -0.2) is 0 Å². The van der Waals surface area contributed by atoms with Crippen LogP contribution in [0.25, 0.3) is 6.08 Å². The predicted molar refractivity (Wildman–Crippen MR) is 84.6 cm³/mol. The predicted octanol–water partition coefficient (Wildman–Crippen LogP) is 5.85. The summed E-state index contributed by atoms with van der Waals surface area (Å²) >= 11 is 0. The van der Waals surface area contributed by atoms with Crippen LogP contribution >= 0.6 is 0 Å². The van der Waals surface area contributed by atoms with Crippen molar-refractivity contribution >= 4 is 6.08 Å². The summed E-state index contributed by atoms with van der Waals surface area (Å²) in [5.74, 6) is 0.987. The van der Waals surface area contributed by atoms with Gasteiger partial charge in [-0.3, -0.25) is 0 Å². The Bertz CT molecular complexity index is 347. The van der Waals surface area contributed by atoms with Gasteiger partial charge in [0, 0.05) is 0 Å². The van der Waals surface area contributed by atoms with Crippen LogP contribution in [0.5, 0.6) is 5.75 Å². The highest BCUT2D eigenvalue weighted by molar-refractivity contribution is 5.48. The van der Waals surface area contributed by atoms with Crippen molar-refractivity contribution in [1.29, 1.82) is 0 Å². The van der Waals surface area contributed by atoms with Gasteiger partial charge in [0.25, 0.3) is 0 Å². The second kappa shape index (κ2) is 8.04. The lowest BCUT2D eigenvalue weighted by atomic mass is 9.88. The fourth-order valence-corrected chi connectivity index (χ4v) is 2.82. The van der Waals surface area contributed by atoms with E-state index >= 15 is 0 Å². The van der Waals surface area contributed by atoms with Gasteiger partial charge in [0.2, 0.25) is 0 Å². The molecule has 0 saturated carbocycles. The van der Waals surface area contributed by atoms with Gasteiger partial charge >= 0.3 is 0 Å². The molecule has 0 aromatic heterocycles. The van der Waals surface area contributed by atoms with Crippen LogP contribution in [0.3, 0.4) is 0 Å². The summed E-state index contributed by atoms with van der Waals surface area (Å²) in [5, 5.41) is 0. The topological polar surface area (TPSA) is 9.23 Å². The van der Waals surface area contributed by atoms with Crippen molar-refractivity contribution in [1.82, 2.24) is 0 Å². The first-order valence-electron chi connectivity index (χ1n) is 7.61. The maximum atomic E-state index is 6.39. The molecule has 1 nitrogen and oxygen atoms in total. The molecular weight excluding hydrogens is 232 g/mol. The Kier molecular flexibility index (Phi) is 6.69. The Balaban J connectivity index is 2.86. The highest BCUT2D eigenvalue weighted by Crippen LogP contribution is 2.31. The van der Waals surface area contributed by atoms with Crippen molar-refractivity contribution in [3.05, 3.63) is 36.4 Å². The number of ether oxygens (including phenoxy) is 1. The van der Waals surface area contributed by atoms with Crippen LogP contribution < -0.4 is 4.74 Å². The Hall–Kier alpha value is -1.24. The van der Waals surface area contributed by atoms with Gasteiger partial charge < -0.3 is 4.74 Å². The summed E-state index contributed by atoms with van der Waals surface area (Å²) in [7, 11) is 0. The molecule has 0 aliphatic carbocycles. The average Bonchev–Trinajstić information content (AvgIpc) is 2.40. The van der Waals surface area contributed by atoms with Gasteiger partial charge in [-0.2, -0.15) is 0 Å². The summed E-state index contributed by atoms with van der Waals surface area (Å²) in [6.45, 7) is 10.5. The smallest absolute Gasteiger partial charge is 0.120 e. The largest absolute Gasteiger partial charge is 0.487 e. The molecule has 0 amide bonds. The fourth-order valence-electron chi connectivity index (χ4n) is 2.82. The van der Waals surface area contributed by atoms with E-state index in [4.69, 9.17) is 4.74 Å². The quantitative estimate of drug-likeness (QED) is 0.541. The molecule has 0 bridgehead atoms. The van der Waals surface area contributed by atoms with Crippen molar-refractivity contribution in [2.24, 2.45) is 0 Å². The summed E-state index contributed by atoms with van der Waals surface area (Å²) in [5.41, 5.74) is 1.16. The maximum Gasteiger partial charge on any atom is 0.120 e. The van der Waals surface area contributed by atoms with E-state index in [1.165, 1.54) is 19.3 Å². The molecule has 0 heterocycles. The second-order valence-electron chi connectivity index (χ2n) is 5.31. The first-order valence-corrected chi connectivity index (χ1v) is 7.61. The minimum Gasteiger partial charge on any atom is -0.487 e. The second-order valence-corrected chi connectivity index (χ2v) is 5.31. The molecule has 0 unspecified atom stereocenters. The van der Waals surface area contributed by atoms with Crippen LogP contribution in [0, 0.1) is 0 Å². The zero-order chi connectivity index (χ0) is 14.1. The Morgan fingerprint density at radius 3 is 1.79 bits per heavy atom. The third-order valence-electron chi connectivity index (χ3n) is 3.57. The van der Waals surface area contributed by atoms with Gasteiger partial charge in [-0.05, 0) is 37.0 Å². The maximum absolute atomic E-state index is 6.39. The lowest BCUT2D eigenvalue weighted by Crippen LogP contribution is -2.35. The Morgan fingerprint density at radius 2 is 1.42 bits per heavy atom. The first kappa shape index (κ1) is 15.8. The number of hydrogen-bond acceptors (Lipinski definition) is 1. The van der Waals surface area contributed by atoms with Crippen LogP contribution in [-0.2, 0) is 0 Å². The highest BCUT2D eigenvalue weighted by atomic mass is 16.5. The molecule has 106 valence electrons. The lowest BCUT2D eigenvalue weighted by Gasteiger charge is -2.34. The molecule has 1 aromatic carbocycles. The Labute approximate surface area is 118 Å². The van der Waals surface area contributed by atoms with E-state index in [1.807, 2.05) is 6.08 Å². The van der Waals surface area contributed by atoms with E-state index in [0.29, 0.717) is 0 Å². The molecule has 0 N–H and O–H groups in total. The average molecular weight is 260 g/mol. The zero-order valence-electron chi connectivity index (χ0n) is 12.7. The summed E-state index contributed by atoms with van der Waals surface area (Å²) in [6, 6.07) is 8.26. The molecule has 1 aromatic rings. The minimum atomic E-state index is 0.0218. The third-order valence-corrected chi connectivity index (χ3v) is 3.57. The molecule has 1 heteroatoms. The molecule has 0 fully saturated rings. The molecule has 1 rings (SSSR count). The van der Waals surface area contributed by atoms with E-state index in [9.17, 15) is 0 Å². The molecule has 19 heavy (non-hydrogen) atoms. The molecule has 0 aliphatic heterocycles. The zero-order valence-corrected chi connectivity index (χ0v) is 12.7. The molecule has 0 radical (unpaired) electrons. The molecule has 0 spiro atoms. The molecule has 0 atom stereocenters. The van der Waals surface area contributed by atoms with Crippen molar-refractivity contribution in [2.45, 2.75) is 64.9 Å². The fraction of sp³-hybridized carbons (Fsp3) is 0.556. The van der Waals surface area contributed by atoms with E-state index in [0.717, 1.165) is 30.6 Å². The standard InChI is InChI=1S/C18H28O/c1-5-13-18(14-6-2,15-7-3)19-17-11-9-16(8-4)10-12-17/h8-12H,4-7,13-15H2,1-3H3. The van der Waals surface area contributed by atoms with Crippen LogP contribution in [0.4, 0.5) is 0 Å². The summed E-state index contributed by atoms with van der Waals surface area (Å²) in [6.07, 6.45) is 8.79. The van der Waals surface area contributed by atoms with Gasteiger partial charge in [-0.1, -0.05) is 64.8 Å². The van der Waals surface area contributed by atoms with Crippen LogP contribution in [0.2, 0.25) is 0 Å². The van der Waals surface area contributed by atoms with E-state index in [1.54, 1.807) is 0 Å². The summed E-state index contributed by atoms with van der Waals surface area (Å²) < 4.78 is 6.39. The number of rotatable bonds is 9. The Morgan fingerprint density at radius 1 is 0.947 bits per heavy atom. The third kappa shape index (κ3) is 4.74. The van der Waals surface area contributed by atoms with Crippen molar-refractivity contribution in [2.75, 3.05) is 0 Å². The first-order chi connectivity index (χ1) is 9.19. The highest BCUT2D eigenvalue weighted by Gasteiger charge is 2.29. The van der Waals surface area contributed by atoms with Crippen molar-refractivity contribution in [3.63, 3.8) is 0 Å². The minimum absolute atomic E-state index is 0.0218. The van der Waals surface area contributed by atoms with Crippen LogP contribution in [0.1, 0.15) is 64.9 Å². The van der Waals surface area contributed by atoms with E-state index in [2.05, 4.69) is 51.6 Å². The molecule has 0 saturated heterocycles. The van der Waals surface area contributed by atoms with Crippen LogP contribution in [0.15, 0.2) is 30.8 Å². The molecule has 0 aliphatic rings. The number of hydrogen-bond donors (Lipinski definition) is 0. The van der Waals surface area contributed by atoms with Crippen molar-refractivity contribution in [3.8, 4) is 5.75 Å². The number of benzene rings is 1. The lowest BCUT2D eigenvalue weighted by molar-refractivity contribution is 0.0390. The monoisotopic (exact) mass is 260 g/mol. The van der Waals surface area contributed by atoms with Gasteiger partial charge in [0.15, 0.2) is 0 Å².